The van der Waals surface area contributed by atoms with Gasteiger partial charge in [-0.1, -0.05) is 26.1 Å². The van der Waals surface area contributed by atoms with Gasteiger partial charge in [0.15, 0.2) is 0 Å². The third-order valence-electron chi connectivity index (χ3n) is 4.25. The summed E-state index contributed by atoms with van der Waals surface area (Å²) in [6.07, 6.45) is 3.03. The first-order valence-electron chi connectivity index (χ1n) is 6.72. The van der Waals surface area contributed by atoms with Crippen LogP contribution in [-0.4, -0.2) is 40.6 Å². The average Bonchev–Trinajstić information content (AvgIpc) is 2.40. The first-order valence-corrected chi connectivity index (χ1v) is 7.12. The van der Waals surface area contributed by atoms with Gasteiger partial charge in [0.1, 0.15) is 0 Å². The molecule has 0 radical (unpaired) electrons. The van der Waals surface area contributed by atoms with E-state index in [-0.39, 0.29) is 12.5 Å². The Balaban J connectivity index is 2.77. The molecule has 1 saturated heterocycles. The SMILES string of the molecule is CCC(CC)(C(=O)N1CCC(CO)CC1)C(N)=S. The van der Waals surface area contributed by atoms with E-state index in [1.165, 1.54) is 0 Å². The van der Waals surface area contributed by atoms with Crippen molar-refractivity contribution in [1.29, 1.82) is 0 Å². The van der Waals surface area contributed by atoms with Crippen LogP contribution >= 0.6 is 12.2 Å². The van der Waals surface area contributed by atoms with Crippen LogP contribution in [0.4, 0.5) is 0 Å². The molecule has 18 heavy (non-hydrogen) atoms. The summed E-state index contributed by atoms with van der Waals surface area (Å²) in [5.41, 5.74) is 5.12. The highest BCUT2D eigenvalue weighted by molar-refractivity contribution is 7.80. The molecule has 0 saturated carbocycles. The molecule has 0 aromatic heterocycles. The van der Waals surface area contributed by atoms with Gasteiger partial charge in [0.25, 0.3) is 0 Å². The predicted octanol–water partition coefficient (Wildman–Crippen LogP) is 1.31. The number of carbonyl (C=O) groups is 1. The van der Waals surface area contributed by atoms with Gasteiger partial charge < -0.3 is 15.7 Å². The number of aliphatic hydroxyl groups is 1. The van der Waals surface area contributed by atoms with Crippen LogP contribution in [0.3, 0.4) is 0 Å². The highest BCUT2D eigenvalue weighted by atomic mass is 32.1. The van der Waals surface area contributed by atoms with E-state index in [1.54, 1.807) is 0 Å². The van der Waals surface area contributed by atoms with Crippen molar-refractivity contribution in [1.82, 2.24) is 4.90 Å². The van der Waals surface area contributed by atoms with E-state index in [1.807, 2.05) is 18.7 Å². The molecule has 1 amide bonds. The van der Waals surface area contributed by atoms with Crippen molar-refractivity contribution in [2.75, 3.05) is 19.7 Å². The van der Waals surface area contributed by atoms with Crippen LogP contribution in [0.1, 0.15) is 39.5 Å². The maximum absolute atomic E-state index is 12.6. The minimum atomic E-state index is -0.679. The molecule has 104 valence electrons. The average molecular weight is 272 g/mol. The fraction of sp³-hybridized carbons (Fsp3) is 0.846. The summed E-state index contributed by atoms with van der Waals surface area (Å²) in [4.78, 5) is 14.8. The second-order valence-corrected chi connectivity index (χ2v) is 5.51. The third-order valence-corrected chi connectivity index (χ3v) is 4.64. The van der Waals surface area contributed by atoms with Crippen molar-refractivity contribution in [2.24, 2.45) is 17.1 Å². The Morgan fingerprint density at radius 1 is 1.39 bits per heavy atom. The minimum Gasteiger partial charge on any atom is -0.396 e. The number of rotatable bonds is 5. The lowest BCUT2D eigenvalue weighted by atomic mass is 9.80. The zero-order chi connectivity index (χ0) is 13.8. The van der Waals surface area contributed by atoms with Crippen molar-refractivity contribution in [3.63, 3.8) is 0 Å². The number of likely N-dealkylation sites (tertiary alicyclic amines) is 1. The Kier molecular flexibility index (Phi) is 5.53. The molecule has 1 heterocycles. The molecular formula is C13H24N2O2S. The van der Waals surface area contributed by atoms with Gasteiger partial charge in [-0.2, -0.15) is 0 Å². The molecule has 4 nitrogen and oxygen atoms in total. The Hall–Kier alpha value is -0.680. The Morgan fingerprint density at radius 3 is 2.22 bits per heavy atom. The van der Waals surface area contributed by atoms with Gasteiger partial charge in [0, 0.05) is 19.7 Å². The summed E-state index contributed by atoms with van der Waals surface area (Å²) in [6, 6.07) is 0. The van der Waals surface area contributed by atoms with Gasteiger partial charge in [0.2, 0.25) is 5.91 Å². The van der Waals surface area contributed by atoms with Crippen LogP contribution < -0.4 is 5.73 Å². The summed E-state index contributed by atoms with van der Waals surface area (Å²) in [7, 11) is 0. The van der Waals surface area contributed by atoms with Crippen LogP contribution in [0, 0.1) is 11.3 Å². The zero-order valence-electron chi connectivity index (χ0n) is 11.3. The number of hydrogen-bond acceptors (Lipinski definition) is 3. The molecule has 3 N–H and O–H groups in total. The van der Waals surface area contributed by atoms with E-state index in [2.05, 4.69) is 0 Å². The lowest BCUT2D eigenvalue weighted by Crippen LogP contribution is -2.52. The number of nitrogens with two attached hydrogens (primary N) is 1. The van der Waals surface area contributed by atoms with Crippen molar-refractivity contribution >= 4 is 23.1 Å². The molecule has 1 aliphatic rings. The lowest BCUT2D eigenvalue weighted by Gasteiger charge is -2.38. The van der Waals surface area contributed by atoms with Crippen LogP contribution in [0.15, 0.2) is 0 Å². The number of amides is 1. The molecular weight excluding hydrogens is 248 g/mol. The van der Waals surface area contributed by atoms with E-state index in [4.69, 9.17) is 23.1 Å². The number of aliphatic hydroxyl groups excluding tert-OH is 1. The molecule has 1 fully saturated rings. The largest absolute Gasteiger partial charge is 0.396 e. The summed E-state index contributed by atoms with van der Waals surface area (Å²) in [5, 5.41) is 9.11. The van der Waals surface area contributed by atoms with Gasteiger partial charge in [0.05, 0.1) is 10.4 Å². The van der Waals surface area contributed by atoms with E-state index in [9.17, 15) is 4.79 Å². The number of thiocarbonyl (C=S) groups is 1. The third kappa shape index (κ3) is 2.83. The van der Waals surface area contributed by atoms with Gasteiger partial charge >= 0.3 is 0 Å². The smallest absolute Gasteiger partial charge is 0.235 e. The molecule has 0 aromatic carbocycles. The monoisotopic (exact) mass is 272 g/mol. The van der Waals surface area contributed by atoms with Crippen molar-refractivity contribution in [3.8, 4) is 0 Å². The van der Waals surface area contributed by atoms with Crippen LogP contribution in [0.2, 0.25) is 0 Å². The number of nitrogens with zero attached hydrogens (tertiary/aromatic N) is 1. The Labute approximate surface area is 115 Å². The number of carbonyl (C=O) groups excluding carboxylic acids is 1. The molecule has 0 aromatic rings. The number of hydrogen-bond donors (Lipinski definition) is 2. The first-order chi connectivity index (χ1) is 8.51. The molecule has 0 bridgehead atoms. The molecule has 0 spiro atoms. The highest BCUT2D eigenvalue weighted by Gasteiger charge is 2.41. The topological polar surface area (TPSA) is 66.6 Å². The minimum absolute atomic E-state index is 0.0661. The fourth-order valence-corrected chi connectivity index (χ4v) is 3.00. The molecule has 1 rings (SSSR count). The first kappa shape index (κ1) is 15.4. The standard InChI is InChI=1S/C13H24N2O2S/c1-3-13(4-2,11(14)18)12(17)15-7-5-10(9-16)6-8-15/h10,16H,3-9H2,1-2H3,(H2,14,18). The van der Waals surface area contributed by atoms with E-state index in [0.29, 0.717) is 36.8 Å². The molecule has 5 heteroatoms. The quantitative estimate of drug-likeness (QED) is 0.741. The van der Waals surface area contributed by atoms with E-state index < -0.39 is 5.41 Å². The Bertz CT molecular complexity index is 308. The predicted molar refractivity (Wildman–Crippen MR) is 76.2 cm³/mol. The molecule has 0 aliphatic carbocycles. The van der Waals surface area contributed by atoms with Crippen molar-refractivity contribution in [2.45, 2.75) is 39.5 Å². The molecule has 0 unspecified atom stereocenters. The molecule has 1 aliphatic heterocycles. The summed E-state index contributed by atoms with van der Waals surface area (Å²) in [6.45, 7) is 5.54. The van der Waals surface area contributed by atoms with Crippen LogP contribution in [0.5, 0.6) is 0 Å². The second-order valence-electron chi connectivity index (χ2n) is 5.07. The molecule has 0 atom stereocenters. The van der Waals surface area contributed by atoms with Gasteiger partial charge in [-0.15, -0.1) is 0 Å². The fourth-order valence-electron chi connectivity index (χ4n) is 2.63. The second kappa shape index (κ2) is 6.48. The van der Waals surface area contributed by atoms with Crippen molar-refractivity contribution in [3.05, 3.63) is 0 Å². The lowest BCUT2D eigenvalue weighted by molar-refractivity contribution is -0.140. The van der Waals surface area contributed by atoms with Crippen LogP contribution in [-0.2, 0) is 4.79 Å². The summed E-state index contributed by atoms with van der Waals surface area (Å²) < 4.78 is 0. The summed E-state index contributed by atoms with van der Waals surface area (Å²) >= 11 is 5.11. The van der Waals surface area contributed by atoms with Gasteiger partial charge in [-0.25, -0.2) is 0 Å². The maximum Gasteiger partial charge on any atom is 0.235 e. The van der Waals surface area contributed by atoms with Gasteiger partial charge in [-0.05, 0) is 31.6 Å². The summed E-state index contributed by atoms with van der Waals surface area (Å²) in [5.74, 6) is 0.396. The zero-order valence-corrected chi connectivity index (χ0v) is 12.1. The van der Waals surface area contributed by atoms with Crippen molar-refractivity contribution < 1.29 is 9.90 Å². The normalized spacial score (nSPS) is 17.8. The van der Waals surface area contributed by atoms with E-state index in [0.717, 1.165) is 12.8 Å². The highest BCUT2D eigenvalue weighted by Crippen LogP contribution is 2.31. The van der Waals surface area contributed by atoms with Gasteiger partial charge in [-0.3, -0.25) is 4.79 Å². The Morgan fingerprint density at radius 2 is 1.89 bits per heavy atom. The van der Waals surface area contributed by atoms with E-state index >= 15 is 0 Å². The maximum atomic E-state index is 12.6. The van der Waals surface area contributed by atoms with Crippen LogP contribution in [0.25, 0.3) is 0 Å². The number of piperidine rings is 1.